The van der Waals surface area contributed by atoms with E-state index in [9.17, 15) is 5.11 Å². The molecule has 1 aliphatic carbocycles. The third-order valence-corrected chi connectivity index (χ3v) is 4.14. The van der Waals surface area contributed by atoms with Gasteiger partial charge in [-0.15, -0.1) is 0 Å². The third-order valence-electron chi connectivity index (χ3n) is 4.14. The van der Waals surface area contributed by atoms with Crippen LogP contribution in [0.1, 0.15) is 58.3 Å². The number of nitrogens with one attached hydrogen (secondary N) is 1. The Labute approximate surface area is 112 Å². The zero-order valence-corrected chi connectivity index (χ0v) is 12.2. The number of hydrogen-bond donors (Lipinski definition) is 2. The highest BCUT2D eigenvalue weighted by atomic mass is 16.5. The molecule has 108 valence electrons. The van der Waals surface area contributed by atoms with Crippen LogP contribution < -0.4 is 5.32 Å². The molecule has 1 saturated carbocycles. The number of rotatable bonds is 9. The van der Waals surface area contributed by atoms with Crippen molar-refractivity contribution in [2.45, 2.75) is 63.9 Å². The second-order valence-electron chi connectivity index (χ2n) is 6.03. The predicted octanol–water partition coefficient (Wildman–Crippen LogP) is 2.72. The van der Waals surface area contributed by atoms with Crippen LogP contribution in [0, 0.1) is 5.92 Å². The van der Waals surface area contributed by atoms with E-state index in [0.717, 1.165) is 38.5 Å². The maximum atomic E-state index is 10.3. The van der Waals surface area contributed by atoms with Gasteiger partial charge in [-0.1, -0.05) is 32.1 Å². The van der Waals surface area contributed by atoms with E-state index >= 15 is 0 Å². The Morgan fingerprint density at radius 3 is 2.56 bits per heavy atom. The summed E-state index contributed by atoms with van der Waals surface area (Å²) in [5.41, 5.74) is -0.502. The van der Waals surface area contributed by atoms with E-state index in [1.54, 1.807) is 7.11 Å². The average molecular weight is 257 g/mol. The van der Waals surface area contributed by atoms with Crippen molar-refractivity contribution in [1.82, 2.24) is 5.32 Å². The molecule has 0 aromatic heterocycles. The Balaban J connectivity index is 2.06. The van der Waals surface area contributed by atoms with E-state index in [4.69, 9.17) is 4.74 Å². The summed E-state index contributed by atoms with van der Waals surface area (Å²) in [6.45, 7) is 4.47. The Hall–Kier alpha value is -0.120. The summed E-state index contributed by atoms with van der Waals surface area (Å²) in [4.78, 5) is 0. The maximum Gasteiger partial charge on any atom is 0.0632 e. The van der Waals surface area contributed by atoms with Crippen LogP contribution in [0.25, 0.3) is 0 Å². The van der Waals surface area contributed by atoms with E-state index in [1.807, 2.05) is 6.92 Å². The lowest BCUT2D eigenvalue weighted by Gasteiger charge is -2.28. The topological polar surface area (TPSA) is 41.5 Å². The molecule has 2 N–H and O–H groups in total. The van der Waals surface area contributed by atoms with Crippen molar-refractivity contribution in [2.24, 2.45) is 5.92 Å². The monoisotopic (exact) mass is 257 g/mol. The fourth-order valence-corrected chi connectivity index (χ4v) is 2.77. The first-order chi connectivity index (χ1) is 8.64. The molecule has 0 heterocycles. The second-order valence-corrected chi connectivity index (χ2v) is 6.03. The number of methoxy groups -OCH3 is 1. The van der Waals surface area contributed by atoms with Gasteiger partial charge in [0.2, 0.25) is 0 Å². The van der Waals surface area contributed by atoms with Crippen LogP contribution in [0.4, 0.5) is 0 Å². The van der Waals surface area contributed by atoms with Gasteiger partial charge in [0.1, 0.15) is 0 Å². The Kier molecular flexibility index (Phi) is 7.87. The summed E-state index contributed by atoms with van der Waals surface area (Å²) in [6.07, 6.45) is 9.94. The minimum Gasteiger partial charge on any atom is -0.390 e. The zero-order valence-electron chi connectivity index (χ0n) is 12.2. The fourth-order valence-electron chi connectivity index (χ4n) is 2.77. The summed E-state index contributed by atoms with van der Waals surface area (Å²) in [7, 11) is 1.71. The lowest BCUT2D eigenvalue weighted by Crippen LogP contribution is -2.31. The van der Waals surface area contributed by atoms with Gasteiger partial charge >= 0.3 is 0 Å². The van der Waals surface area contributed by atoms with Crippen LogP contribution in [-0.2, 0) is 4.74 Å². The Bertz CT molecular complexity index is 201. The first kappa shape index (κ1) is 15.9. The molecule has 1 aliphatic rings. The van der Waals surface area contributed by atoms with Crippen molar-refractivity contribution >= 4 is 0 Å². The smallest absolute Gasteiger partial charge is 0.0632 e. The van der Waals surface area contributed by atoms with E-state index in [0.29, 0.717) is 0 Å². The van der Waals surface area contributed by atoms with Crippen LogP contribution >= 0.6 is 0 Å². The maximum absolute atomic E-state index is 10.3. The van der Waals surface area contributed by atoms with Crippen molar-refractivity contribution in [3.63, 3.8) is 0 Å². The van der Waals surface area contributed by atoms with Crippen molar-refractivity contribution in [3.8, 4) is 0 Å². The van der Waals surface area contributed by atoms with E-state index in [1.165, 1.54) is 38.5 Å². The van der Waals surface area contributed by atoms with Gasteiger partial charge in [0.15, 0.2) is 0 Å². The molecule has 0 amide bonds. The molecule has 0 saturated heterocycles. The summed E-state index contributed by atoms with van der Waals surface area (Å²) >= 11 is 0. The van der Waals surface area contributed by atoms with Crippen LogP contribution in [-0.4, -0.2) is 37.5 Å². The van der Waals surface area contributed by atoms with Crippen molar-refractivity contribution in [3.05, 3.63) is 0 Å². The Morgan fingerprint density at radius 1 is 1.17 bits per heavy atom. The van der Waals surface area contributed by atoms with Crippen LogP contribution in [0.15, 0.2) is 0 Å². The second kappa shape index (κ2) is 8.89. The first-order valence-electron chi connectivity index (χ1n) is 7.56. The van der Waals surface area contributed by atoms with Gasteiger partial charge in [-0.25, -0.2) is 0 Å². The number of aliphatic hydroxyl groups is 1. The Morgan fingerprint density at radius 2 is 1.89 bits per heavy atom. The molecule has 0 bridgehead atoms. The highest BCUT2D eigenvalue weighted by Gasteiger charge is 2.22. The molecule has 1 fully saturated rings. The van der Waals surface area contributed by atoms with Gasteiger partial charge in [0.25, 0.3) is 0 Å². The lowest BCUT2D eigenvalue weighted by molar-refractivity contribution is 0.0336. The summed E-state index contributed by atoms with van der Waals surface area (Å²) in [5, 5.41) is 13.6. The van der Waals surface area contributed by atoms with Gasteiger partial charge in [0.05, 0.1) is 12.2 Å². The van der Waals surface area contributed by atoms with Crippen LogP contribution in [0.2, 0.25) is 0 Å². The average Bonchev–Trinajstić information content (AvgIpc) is 2.38. The summed E-state index contributed by atoms with van der Waals surface area (Å²) in [6, 6.07) is 0. The van der Waals surface area contributed by atoms with Gasteiger partial charge in [-0.2, -0.15) is 0 Å². The first-order valence-corrected chi connectivity index (χ1v) is 7.56. The van der Waals surface area contributed by atoms with E-state index in [-0.39, 0.29) is 0 Å². The standard InChI is InChI=1S/C15H31NO2/c1-15(17,10-11-16-12-13-18-2)9-8-14-6-4-3-5-7-14/h14,16-17H,3-13H2,1-2H3. The molecule has 18 heavy (non-hydrogen) atoms. The summed E-state index contributed by atoms with van der Waals surface area (Å²) < 4.78 is 4.98. The van der Waals surface area contributed by atoms with Crippen molar-refractivity contribution < 1.29 is 9.84 Å². The molecule has 3 heteroatoms. The number of ether oxygens (including phenoxy) is 1. The zero-order chi connectivity index (χ0) is 13.3. The van der Waals surface area contributed by atoms with Crippen LogP contribution in [0.5, 0.6) is 0 Å². The lowest BCUT2D eigenvalue weighted by atomic mass is 9.83. The molecular weight excluding hydrogens is 226 g/mol. The molecular formula is C15H31NO2. The highest BCUT2D eigenvalue weighted by Crippen LogP contribution is 2.30. The predicted molar refractivity (Wildman–Crippen MR) is 75.8 cm³/mol. The van der Waals surface area contributed by atoms with Gasteiger partial charge < -0.3 is 15.2 Å². The molecule has 1 rings (SSSR count). The minimum atomic E-state index is -0.502. The van der Waals surface area contributed by atoms with Gasteiger partial charge in [-0.05, 0) is 38.6 Å². The molecule has 0 aromatic carbocycles. The van der Waals surface area contributed by atoms with E-state index in [2.05, 4.69) is 5.32 Å². The normalized spacial score (nSPS) is 20.8. The highest BCUT2D eigenvalue weighted by molar-refractivity contribution is 4.76. The van der Waals surface area contributed by atoms with Crippen molar-refractivity contribution in [1.29, 1.82) is 0 Å². The molecule has 0 spiro atoms. The molecule has 0 radical (unpaired) electrons. The van der Waals surface area contributed by atoms with Crippen LogP contribution in [0.3, 0.4) is 0 Å². The SMILES string of the molecule is COCCNCCC(C)(O)CCC1CCCCC1. The summed E-state index contributed by atoms with van der Waals surface area (Å²) in [5.74, 6) is 0.867. The molecule has 3 nitrogen and oxygen atoms in total. The largest absolute Gasteiger partial charge is 0.390 e. The van der Waals surface area contributed by atoms with Gasteiger partial charge in [0, 0.05) is 13.7 Å². The van der Waals surface area contributed by atoms with Gasteiger partial charge in [-0.3, -0.25) is 0 Å². The molecule has 1 unspecified atom stereocenters. The van der Waals surface area contributed by atoms with E-state index < -0.39 is 5.60 Å². The van der Waals surface area contributed by atoms with Crippen molar-refractivity contribution in [2.75, 3.05) is 26.8 Å². The fraction of sp³-hybridized carbons (Fsp3) is 1.00. The third kappa shape index (κ3) is 7.34. The quantitative estimate of drug-likeness (QED) is 0.624. The minimum absolute atomic E-state index is 0.502. The molecule has 0 aliphatic heterocycles. The molecule has 1 atom stereocenters. The molecule has 0 aromatic rings. The number of hydrogen-bond acceptors (Lipinski definition) is 3.